The number of rotatable bonds is 1. The largest absolute Gasteiger partial charge is 0.416 e. The number of hydrogen-bond acceptors (Lipinski definition) is 2. The number of nitrogens with two attached hydrogens (primary N) is 1. The average Bonchev–Trinajstić information content (AvgIpc) is 2.82. The summed E-state index contributed by atoms with van der Waals surface area (Å²) in [5.74, 6) is -0.885. The third-order valence-electron chi connectivity index (χ3n) is 3.35. The molecule has 1 aromatic rings. The number of alkyl halides is 6. The molecule has 0 aromatic heterocycles. The number of halogens is 6. The number of likely N-dealkylation sites (tertiary alicyclic amines) is 1. The first-order chi connectivity index (χ1) is 9.98. The Morgan fingerprint density at radius 3 is 1.91 bits per heavy atom. The Bertz CT molecular complexity index is 549. The van der Waals surface area contributed by atoms with Gasteiger partial charge in [0.2, 0.25) is 0 Å². The number of nitrogens with zero attached hydrogens (tertiary/aromatic N) is 1. The van der Waals surface area contributed by atoms with Crippen LogP contribution in [0.25, 0.3) is 0 Å². The summed E-state index contributed by atoms with van der Waals surface area (Å²) >= 11 is 0. The van der Waals surface area contributed by atoms with E-state index in [1.165, 1.54) is 0 Å². The number of carbonyl (C=O) groups excluding carboxylic acids is 1. The molecule has 0 aliphatic carbocycles. The fourth-order valence-electron chi connectivity index (χ4n) is 2.23. The molecule has 1 aliphatic heterocycles. The highest BCUT2D eigenvalue weighted by molar-refractivity contribution is 5.95. The molecule has 22 heavy (non-hydrogen) atoms. The van der Waals surface area contributed by atoms with E-state index >= 15 is 0 Å². The lowest BCUT2D eigenvalue weighted by Crippen LogP contribution is -2.32. The quantitative estimate of drug-likeness (QED) is 0.807. The van der Waals surface area contributed by atoms with Gasteiger partial charge in [-0.05, 0) is 24.6 Å². The monoisotopic (exact) mass is 326 g/mol. The second kappa shape index (κ2) is 5.45. The van der Waals surface area contributed by atoms with Crippen LogP contribution in [0.3, 0.4) is 0 Å². The van der Waals surface area contributed by atoms with Gasteiger partial charge in [-0.15, -0.1) is 0 Å². The van der Waals surface area contributed by atoms with Crippen LogP contribution >= 0.6 is 0 Å². The topological polar surface area (TPSA) is 46.3 Å². The summed E-state index contributed by atoms with van der Waals surface area (Å²) in [4.78, 5) is 13.2. The van der Waals surface area contributed by atoms with Gasteiger partial charge in [-0.25, -0.2) is 0 Å². The minimum atomic E-state index is -4.97. The van der Waals surface area contributed by atoms with Crippen molar-refractivity contribution in [3.05, 3.63) is 34.9 Å². The molecular weight excluding hydrogens is 314 g/mol. The van der Waals surface area contributed by atoms with Crippen molar-refractivity contribution < 1.29 is 31.1 Å². The Morgan fingerprint density at radius 2 is 1.55 bits per heavy atom. The lowest BCUT2D eigenvalue weighted by Gasteiger charge is -2.18. The first kappa shape index (κ1) is 16.6. The number of hydrogen-bond donors (Lipinski definition) is 1. The lowest BCUT2D eigenvalue weighted by molar-refractivity contribution is -0.143. The van der Waals surface area contributed by atoms with Crippen LogP contribution in [0.1, 0.15) is 27.9 Å². The first-order valence-corrected chi connectivity index (χ1v) is 6.33. The average molecular weight is 326 g/mol. The molecular formula is C13H12F6N2O. The van der Waals surface area contributed by atoms with E-state index in [0.717, 1.165) is 4.90 Å². The normalized spacial score (nSPS) is 19.6. The minimum absolute atomic E-state index is 0.00744. The predicted molar refractivity (Wildman–Crippen MR) is 64.9 cm³/mol. The maximum atomic E-state index is 12.7. The molecule has 122 valence electrons. The van der Waals surface area contributed by atoms with Crippen molar-refractivity contribution in [2.75, 3.05) is 13.1 Å². The van der Waals surface area contributed by atoms with Crippen molar-refractivity contribution in [2.24, 2.45) is 5.73 Å². The van der Waals surface area contributed by atoms with Gasteiger partial charge < -0.3 is 10.6 Å². The van der Waals surface area contributed by atoms with Gasteiger partial charge >= 0.3 is 12.4 Å². The van der Waals surface area contributed by atoms with E-state index in [1.54, 1.807) is 0 Å². The van der Waals surface area contributed by atoms with Crippen molar-refractivity contribution in [2.45, 2.75) is 24.8 Å². The zero-order valence-corrected chi connectivity index (χ0v) is 11.1. The SMILES string of the molecule is N[C@@H]1CCN(C(=O)c2cc(C(F)(F)F)cc(C(F)(F)F)c2)C1. The van der Waals surface area contributed by atoms with Gasteiger partial charge in [0.1, 0.15) is 0 Å². The van der Waals surface area contributed by atoms with Gasteiger partial charge in [0.15, 0.2) is 0 Å². The fourth-order valence-corrected chi connectivity index (χ4v) is 2.23. The Morgan fingerprint density at radius 1 is 1.05 bits per heavy atom. The summed E-state index contributed by atoms with van der Waals surface area (Å²) in [5, 5.41) is 0. The Balaban J connectivity index is 2.44. The van der Waals surface area contributed by atoms with Crippen LogP contribution in [0.4, 0.5) is 26.3 Å². The summed E-state index contributed by atoms with van der Waals surface area (Å²) in [6.07, 6.45) is -9.49. The van der Waals surface area contributed by atoms with E-state index in [1.807, 2.05) is 0 Å². The third kappa shape index (κ3) is 3.52. The van der Waals surface area contributed by atoms with Crippen LogP contribution in [-0.4, -0.2) is 29.9 Å². The van der Waals surface area contributed by atoms with E-state index in [-0.39, 0.29) is 25.2 Å². The second-order valence-electron chi connectivity index (χ2n) is 5.09. The molecule has 1 atom stereocenters. The van der Waals surface area contributed by atoms with Gasteiger partial charge in [-0.1, -0.05) is 0 Å². The van der Waals surface area contributed by atoms with Gasteiger partial charge in [0, 0.05) is 24.7 Å². The molecule has 0 saturated carbocycles. The molecule has 1 heterocycles. The molecule has 1 saturated heterocycles. The van der Waals surface area contributed by atoms with Crippen molar-refractivity contribution in [1.29, 1.82) is 0 Å². The third-order valence-corrected chi connectivity index (χ3v) is 3.35. The molecule has 1 aromatic carbocycles. The first-order valence-electron chi connectivity index (χ1n) is 6.33. The maximum Gasteiger partial charge on any atom is 0.416 e. The summed E-state index contributed by atoms with van der Waals surface area (Å²) in [6, 6.07) is 0.534. The Kier molecular flexibility index (Phi) is 4.12. The smallest absolute Gasteiger partial charge is 0.337 e. The maximum absolute atomic E-state index is 12.7. The molecule has 0 radical (unpaired) electrons. The highest BCUT2D eigenvalue weighted by Crippen LogP contribution is 2.36. The summed E-state index contributed by atoms with van der Waals surface area (Å²) < 4.78 is 76.4. The van der Waals surface area contributed by atoms with Crippen LogP contribution < -0.4 is 5.73 Å². The number of benzene rings is 1. The van der Waals surface area contributed by atoms with Gasteiger partial charge in [-0.2, -0.15) is 26.3 Å². The van der Waals surface area contributed by atoms with Crippen LogP contribution in [0.5, 0.6) is 0 Å². The van der Waals surface area contributed by atoms with Crippen LogP contribution in [0.15, 0.2) is 18.2 Å². The summed E-state index contributed by atoms with van der Waals surface area (Å²) in [6.45, 7) is 0.314. The van der Waals surface area contributed by atoms with E-state index in [0.29, 0.717) is 18.6 Å². The molecule has 0 bridgehead atoms. The molecule has 0 spiro atoms. The summed E-state index contributed by atoms with van der Waals surface area (Å²) in [5.41, 5.74) is 1.93. The minimum Gasteiger partial charge on any atom is -0.337 e. The fraction of sp³-hybridized carbons (Fsp3) is 0.462. The molecule has 3 nitrogen and oxygen atoms in total. The molecule has 2 N–H and O–H groups in total. The zero-order valence-electron chi connectivity index (χ0n) is 11.1. The molecule has 9 heteroatoms. The molecule has 0 unspecified atom stereocenters. The molecule has 1 aliphatic rings. The molecule has 2 rings (SSSR count). The van der Waals surface area contributed by atoms with Crippen LogP contribution in [-0.2, 0) is 12.4 Å². The predicted octanol–water partition coefficient (Wildman–Crippen LogP) is 2.90. The van der Waals surface area contributed by atoms with Gasteiger partial charge in [0.05, 0.1) is 11.1 Å². The Labute approximate surface area is 121 Å². The second-order valence-corrected chi connectivity index (χ2v) is 5.09. The molecule has 1 fully saturated rings. The standard InChI is InChI=1S/C13H12F6N2O/c14-12(15,16)8-3-7(4-9(5-8)13(17,18)19)11(22)21-2-1-10(20)6-21/h3-5,10H,1-2,6,20H2/t10-/m1/s1. The van der Waals surface area contributed by atoms with Crippen LogP contribution in [0.2, 0.25) is 0 Å². The van der Waals surface area contributed by atoms with Crippen molar-refractivity contribution >= 4 is 5.91 Å². The van der Waals surface area contributed by atoms with E-state index < -0.39 is 35.0 Å². The zero-order chi connectivity index (χ0) is 16.7. The van der Waals surface area contributed by atoms with E-state index in [2.05, 4.69) is 0 Å². The van der Waals surface area contributed by atoms with Crippen molar-refractivity contribution in [3.63, 3.8) is 0 Å². The Hall–Kier alpha value is -1.77. The van der Waals surface area contributed by atoms with Crippen LogP contribution in [0, 0.1) is 0 Å². The highest BCUT2D eigenvalue weighted by Gasteiger charge is 2.38. The van der Waals surface area contributed by atoms with E-state index in [4.69, 9.17) is 5.73 Å². The van der Waals surface area contributed by atoms with Crippen molar-refractivity contribution in [1.82, 2.24) is 4.90 Å². The number of amides is 1. The van der Waals surface area contributed by atoms with Gasteiger partial charge in [-0.3, -0.25) is 4.79 Å². The highest BCUT2D eigenvalue weighted by atomic mass is 19.4. The number of carbonyl (C=O) groups is 1. The van der Waals surface area contributed by atoms with E-state index in [9.17, 15) is 31.1 Å². The van der Waals surface area contributed by atoms with Gasteiger partial charge in [0.25, 0.3) is 5.91 Å². The summed E-state index contributed by atoms with van der Waals surface area (Å²) in [7, 11) is 0. The molecule has 1 amide bonds. The van der Waals surface area contributed by atoms with Crippen molar-refractivity contribution in [3.8, 4) is 0 Å². The lowest BCUT2D eigenvalue weighted by atomic mass is 10.0.